The molecule has 2 aromatic carbocycles. The number of benzene rings is 2. The van der Waals surface area contributed by atoms with Crippen LogP contribution < -0.4 is 0 Å². The van der Waals surface area contributed by atoms with Gasteiger partial charge in [0.05, 0.1) is 19.8 Å². The highest BCUT2D eigenvalue weighted by Crippen LogP contribution is 2.18. The van der Waals surface area contributed by atoms with Gasteiger partial charge in [0, 0.05) is 5.41 Å². The summed E-state index contributed by atoms with van der Waals surface area (Å²) < 4.78 is 0. The standard InChI is InChI=1S/C13H12.C6H14O3.2CHNO/c1-3-7-12(8-4-1)11-13-9-5-2-6-10-13;1-2-6(3-7,4-8)5-9;2*2-1-3/h1-10H,11H2;7-9H,2-5H2,1H3;2*2H. The lowest BCUT2D eigenvalue weighted by molar-refractivity contribution is 0.00304. The number of rotatable bonds is 6. The molecule has 0 fully saturated rings. The lowest BCUT2D eigenvalue weighted by Gasteiger charge is -2.24. The van der Waals surface area contributed by atoms with Crippen molar-refractivity contribution < 1.29 is 24.9 Å². The lowest BCUT2D eigenvalue weighted by Crippen LogP contribution is -2.32. The molecule has 0 radical (unpaired) electrons. The van der Waals surface area contributed by atoms with Crippen LogP contribution in [0.1, 0.15) is 24.5 Å². The minimum Gasteiger partial charge on any atom is -0.396 e. The van der Waals surface area contributed by atoms with Crippen LogP contribution in [0.25, 0.3) is 0 Å². The zero-order chi connectivity index (χ0) is 21.7. The molecule has 0 heterocycles. The van der Waals surface area contributed by atoms with E-state index in [0.717, 1.165) is 18.6 Å². The fraction of sp³-hybridized carbons (Fsp3) is 0.333. The molecule has 0 saturated heterocycles. The van der Waals surface area contributed by atoms with Gasteiger partial charge >= 0.3 is 0 Å². The number of hydrogen-bond donors (Lipinski definition) is 5. The van der Waals surface area contributed by atoms with Gasteiger partial charge in [-0.25, -0.2) is 20.4 Å². The summed E-state index contributed by atoms with van der Waals surface area (Å²) in [4.78, 5) is 16.7. The maximum atomic E-state index is 8.66. The number of carbonyl (C=O) groups excluding carboxylic acids is 2. The van der Waals surface area contributed by atoms with Gasteiger partial charge in [-0.2, -0.15) is 0 Å². The number of nitrogens with one attached hydrogen (secondary N) is 2. The van der Waals surface area contributed by atoms with Crippen LogP contribution in [0.15, 0.2) is 60.7 Å². The molecule has 0 spiro atoms. The van der Waals surface area contributed by atoms with Crippen LogP contribution in [0.5, 0.6) is 0 Å². The Balaban J connectivity index is 0. The van der Waals surface area contributed by atoms with Crippen LogP contribution in [-0.4, -0.2) is 47.3 Å². The average Bonchev–Trinajstić information content (AvgIpc) is 2.73. The molecule has 0 aliphatic heterocycles. The van der Waals surface area contributed by atoms with Gasteiger partial charge in [0.15, 0.2) is 0 Å². The van der Waals surface area contributed by atoms with Gasteiger partial charge in [-0.15, -0.1) is 0 Å². The second-order valence-corrected chi connectivity index (χ2v) is 5.68. The molecule has 5 N–H and O–H groups in total. The van der Waals surface area contributed by atoms with Crippen LogP contribution in [0.2, 0.25) is 0 Å². The Bertz CT molecular complexity index is 595. The Morgan fingerprint density at radius 3 is 1.21 bits per heavy atom. The molecular weight excluding hydrogens is 360 g/mol. The molecule has 7 nitrogen and oxygen atoms in total. The summed E-state index contributed by atoms with van der Waals surface area (Å²) in [5.74, 6) is 0. The summed E-state index contributed by atoms with van der Waals surface area (Å²) in [6.07, 6.45) is 3.12. The van der Waals surface area contributed by atoms with Crippen molar-refractivity contribution in [2.75, 3.05) is 19.8 Å². The Labute approximate surface area is 165 Å². The second-order valence-electron chi connectivity index (χ2n) is 5.68. The Morgan fingerprint density at radius 2 is 1.04 bits per heavy atom. The van der Waals surface area contributed by atoms with Crippen LogP contribution in [0.4, 0.5) is 0 Å². The third-order valence-electron chi connectivity index (χ3n) is 3.85. The molecule has 152 valence electrons. The SMILES string of the molecule is CCC(CO)(CO)CO.N=C=O.N=C=O.c1ccc(Cc2ccccc2)cc1. The van der Waals surface area contributed by atoms with E-state index in [0.29, 0.717) is 6.42 Å². The maximum Gasteiger partial charge on any atom is 0.231 e. The summed E-state index contributed by atoms with van der Waals surface area (Å²) in [7, 11) is 0. The second kappa shape index (κ2) is 18.9. The van der Waals surface area contributed by atoms with Gasteiger partial charge in [-0.3, -0.25) is 0 Å². The number of aliphatic hydroxyl groups excluding tert-OH is 3. The molecule has 0 amide bonds. The van der Waals surface area contributed by atoms with E-state index in [1.54, 1.807) is 0 Å². The summed E-state index contributed by atoms with van der Waals surface area (Å²) in [5, 5.41) is 36.8. The van der Waals surface area contributed by atoms with Crippen molar-refractivity contribution in [1.82, 2.24) is 0 Å². The molecular formula is C21H28N2O5. The van der Waals surface area contributed by atoms with Gasteiger partial charge in [-0.05, 0) is 24.0 Å². The van der Waals surface area contributed by atoms with Crippen molar-refractivity contribution in [3.8, 4) is 0 Å². The smallest absolute Gasteiger partial charge is 0.231 e. The van der Waals surface area contributed by atoms with Crippen molar-refractivity contribution in [1.29, 1.82) is 10.8 Å². The Morgan fingerprint density at radius 1 is 0.750 bits per heavy atom. The molecule has 0 aliphatic rings. The highest BCUT2D eigenvalue weighted by atomic mass is 16.3. The zero-order valence-corrected chi connectivity index (χ0v) is 16.0. The topological polar surface area (TPSA) is 143 Å². The molecule has 0 atom stereocenters. The fourth-order valence-electron chi connectivity index (χ4n) is 1.91. The van der Waals surface area contributed by atoms with E-state index < -0.39 is 5.41 Å². The van der Waals surface area contributed by atoms with Gasteiger partial charge in [0.2, 0.25) is 12.2 Å². The molecule has 7 heteroatoms. The normalized spacial score (nSPS) is 9.00. The predicted molar refractivity (Wildman–Crippen MR) is 106 cm³/mol. The van der Waals surface area contributed by atoms with Crippen LogP contribution >= 0.6 is 0 Å². The molecule has 0 bridgehead atoms. The first kappa shape index (κ1) is 27.3. The van der Waals surface area contributed by atoms with Crippen molar-refractivity contribution in [3.05, 3.63) is 71.8 Å². The molecule has 0 aromatic heterocycles. The molecule has 28 heavy (non-hydrogen) atoms. The van der Waals surface area contributed by atoms with E-state index in [9.17, 15) is 0 Å². The highest BCUT2D eigenvalue weighted by molar-refractivity contribution is 5.26. The van der Waals surface area contributed by atoms with Crippen LogP contribution in [-0.2, 0) is 16.0 Å². The van der Waals surface area contributed by atoms with Gasteiger partial charge in [0.1, 0.15) is 0 Å². The maximum absolute atomic E-state index is 8.66. The first-order chi connectivity index (χ1) is 13.5. The minimum atomic E-state index is -0.667. The molecule has 0 saturated carbocycles. The van der Waals surface area contributed by atoms with Gasteiger partial charge in [-0.1, -0.05) is 67.6 Å². The summed E-state index contributed by atoms with van der Waals surface area (Å²) in [6, 6.07) is 21.1. The first-order valence-corrected chi connectivity index (χ1v) is 8.51. The number of hydrogen-bond acceptors (Lipinski definition) is 7. The number of isocyanates is 2. The van der Waals surface area contributed by atoms with E-state index in [4.69, 9.17) is 35.7 Å². The van der Waals surface area contributed by atoms with E-state index >= 15 is 0 Å². The fourth-order valence-corrected chi connectivity index (χ4v) is 1.91. The summed E-state index contributed by atoms with van der Waals surface area (Å²) >= 11 is 0. The molecule has 2 aromatic rings. The van der Waals surface area contributed by atoms with Gasteiger partial charge < -0.3 is 15.3 Å². The monoisotopic (exact) mass is 388 g/mol. The quantitative estimate of drug-likeness (QED) is 0.381. The molecule has 0 aliphatic carbocycles. The van der Waals surface area contributed by atoms with E-state index in [2.05, 4.69) is 60.7 Å². The van der Waals surface area contributed by atoms with Crippen molar-refractivity contribution >= 4 is 12.2 Å². The molecule has 0 unspecified atom stereocenters. The Kier molecular flexibility index (Phi) is 18.4. The largest absolute Gasteiger partial charge is 0.396 e. The Hall–Kier alpha value is -2.92. The van der Waals surface area contributed by atoms with Crippen LogP contribution in [0, 0.1) is 16.2 Å². The van der Waals surface area contributed by atoms with Crippen LogP contribution in [0.3, 0.4) is 0 Å². The third kappa shape index (κ3) is 13.3. The lowest BCUT2D eigenvalue weighted by atomic mass is 9.88. The van der Waals surface area contributed by atoms with E-state index in [1.165, 1.54) is 11.1 Å². The molecule has 2 rings (SSSR count). The third-order valence-corrected chi connectivity index (χ3v) is 3.85. The predicted octanol–water partition coefficient (Wildman–Crippen LogP) is 2.44. The zero-order valence-electron chi connectivity index (χ0n) is 16.0. The van der Waals surface area contributed by atoms with E-state index in [1.807, 2.05) is 6.92 Å². The first-order valence-electron chi connectivity index (χ1n) is 8.51. The van der Waals surface area contributed by atoms with Crippen molar-refractivity contribution in [2.45, 2.75) is 19.8 Å². The van der Waals surface area contributed by atoms with Crippen molar-refractivity contribution in [2.24, 2.45) is 5.41 Å². The highest BCUT2D eigenvalue weighted by Gasteiger charge is 2.24. The summed E-state index contributed by atoms with van der Waals surface area (Å²) in [6.45, 7) is 1.35. The van der Waals surface area contributed by atoms with Gasteiger partial charge in [0.25, 0.3) is 0 Å². The minimum absolute atomic E-state index is 0.156. The number of aliphatic hydroxyl groups is 3. The van der Waals surface area contributed by atoms with E-state index in [-0.39, 0.29) is 19.8 Å². The average molecular weight is 388 g/mol. The summed E-state index contributed by atoms with van der Waals surface area (Å²) in [5.41, 5.74) is 2.07. The van der Waals surface area contributed by atoms with Crippen molar-refractivity contribution in [3.63, 3.8) is 0 Å².